The Morgan fingerprint density at radius 1 is 0.765 bits per heavy atom. The molecule has 3 heteroatoms. The topological polar surface area (TPSA) is 18.5 Å². The second-order valence-electron chi connectivity index (χ2n) is 9.96. The van der Waals surface area contributed by atoms with Crippen LogP contribution in [0.25, 0.3) is 21.6 Å². The standard InChI is InChI=1S/C31H38O2S/c1-3-5-7-11-17-31(18-12-8-6-4-2)26-14-10-9-13-24(26)25-16-15-23(21-27(25)31)30-29-28(22-34-30)32-19-20-33-29/h9-10,13-16,21-22H,3-8,11-12,17-20H2,1-2H3. The summed E-state index contributed by atoms with van der Waals surface area (Å²) in [5.41, 5.74) is 7.38. The van der Waals surface area contributed by atoms with Gasteiger partial charge in [0.25, 0.3) is 0 Å². The first kappa shape index (κ1) is 23.5. The molecule has 1 aromatic heterocycles. The highest BCUT2D eigenvalue weighted by Gasteiger charge is 2.42. The van der Waals surface area contributed by atoms with Crippen molar-refractivity contribution in [1.29, 1.82) is 0 Å². The van der Waals surface area contributed by atoms with E-state index >= 15 is 0 Å². The van der Waals surface area contributed by atoms with Crippen LogP contribution in [0.2, 0.25) is 0 Å². The zero-order valence-electron chi connectivity index (χ0n) is 20.8. The van der Waals surface area contributed by atoms with Gasteiger partial charge in [0.1, 0.15) is 13.2 Å². The van der Waals surface area contributed by atoms with Gasteiger partial charge in [-0.1, -0.05) is 102 Å². The van der Waals surface area contributed by atoms with E-state index in [4.69, 9.17) is 9.47 Å². The van der Waals surface area contributed by atoms with E-state index in [1.165, 1.54) is 91.3 Å². The van der Waals surface area contributed by atoms with Crippen molar-refractivity contribution in [2.24, 2.45) is 0 Å². The predicted molar refractivity (Wildman–Crippen MR) is 144 cm³/mol. The Kier molecular flexibility index (Phi) is 7.29. The molecule has 0 radical (unpaired) electrons. The van der Waals surface area contributed by atoms with Gasteiger partial charge in [-0.2, -0.15) is 0 Å². The van der Waals surface area contributed by atoms with E-state index in [9.17, 15) is 0 Å². The lowest BCUT2D eigenvalue weighted by Crippen LogP contribution is -2.25. The number of thiophene rings is 1. The average molecular weight is 475 g/mol. The molecular weight excluding hydrogens is 436 g/mol. The molecule has 34 heavy (non-hydrogen) atoms. The van der Waals surface area contributed by atoms with E-state index in [1.54, 1.807) is 16.9 Å². The van der Waals surface area contributed by atoms with Gasteiger partial charge in [0.15, 0.2) is 11.5 Å². The van der Waals surface area contributed by atoms with E-state index in [1.807, 2.05) is 0 Å². The van der Waals surface area contributed by atoms with Crippen LogP contribution in [-0.2, 0) is 5.41 Å². The summed E-state index contributed by atoms with van der Waals surface area (Å²) in [7, 11) is 0. The normalized spacial score (nSPS) is 15.2. The van der Waals surface area contributed by atoms with Crippen LogP contribution in [0.1, 0.15) is 89.2 Å². The molecule has 5 rings (SSSR count). The summed E-state index contributed by atoms with van der Waals surface area (Å²) < 4.78 is 11.9. The smallest absolute Gasteiger partial charge is 0.179 e. The maximum Gasteiger partial charge on any atom is 0.179 e. The lowest BCUT2D eigenvalue weighted by Gasteiger charge is -2.33. The maximum absolute atomic E-state index is 6.05. The van der Waals surface area contributed by atoms with Crippen molar-refractivity contribution in [3.05, 3.63) is 59.0 Å². The predicted octanol–water partition coefficient (Wildman–Crippen LogP) is 9.39. The van der Waals surface area contributed by atoms with Gasteiger partial charge < -0.3 is 9.47 Å². The molecule has 0 fully saturated rings. The van der Waals surface area contributed by atoms with Crippen molar-refractivity contribution in [2.45, 2.75) is 83.5 Å². The van der Waals surface area contributed by atoms with Crippen LogP contribution < -0.4 is 9.47 Å². The highest BCUT2D eigenvalue weighted by Crippen LogP contribution is 2.56. The largest absolute Gasteiger partial charge is 0.485 e. The maximum atomic E-state index is 6.05. The Hall–Kier alpha value is -2.26. The van der Waals surface area contributed by atoms with Gasteiger partial charge in [-0.15, -0.1) is 11.3 Å². The number of hydrogen-bond donors (Lipinski definition) is 0. The quantitative estimate of drug-likeness (QED) is 0.258. The summed E-state index contributed by atoms with van der Waals surface area (Å²) in [6, 6.07) is 16.4. The molecule has 1 aliphatic carbocycles. The molecule has 180 valence electrons. The molecule has 0 saturated carbocycles. The van der Waals surface area contributed by atoms with Crippen LogP contribution in [0.4, 0.5) is 0 Å². The summed E-state index contributed by atoms with van der Waals surface area (Å²) in [5, 5.41) is 2.11. The van der Waals surface area contributed by atoms with E-state index in [2.05, 4.69) is 61.7 Å². The fourth-order valence-corrected chi connectivity index (χ4v) is 6.96. The van der Waals surface area contributed by atoms with Gasteiger partial charge in [0, 0.05) is 10.8 Å². The number of hydrogen-bond acceptors (Lipinski definition) is 3. The summed E-state index contributed by atoms with van der Waals surface area (Å²) in [6.45, 7) is 5.88. The van der Waals surface area contributed by atoms with Crippen LogP contribution in [0.3, 0.4) is 0 Å². The SMILES string of the molecule is CCCCCCC1(CCCCCC)c2ccccc2-c2ccc(-c3scc4c3OCCO4)cc21. The van der Waals surface area contributed by atoms with Gasteiger partial charge in [0.2, 0.25) is 0 Å². The van der Waals surface area contributed by atoms with E-state index in [0.29, 0.717) is 13.2 Å². The first-order chi connectivity index (χ1) is 16.8. The minimum Gasteiger partial charge on any atom is -0.485 e. The van der Waals surface area contributed by atoms with Crippen molar-refractivity contribution < 1.29 is 9.47 Å². The number of rotatable bonds is 11. The fourth-order valence-electron chi connectivity index (χ4n) is 6.03. The summed E-state index contributed by atoms with van der Waals surface area (Å²) in [4.78, 5) is 1.21. The molecule has 0 saturated heterocycles. The third-order valence-electron chi connectivity index (χ3n) is 7.75. The lowest BCUT2D eigenvalue weighted by molar-refractivity contribution is 0.174. The van der Waals surface area contributed by atoms with Gasteiger partial charge >= 0.3 is 0 Å². The third-order valence-corrected chi connectivity index (χ3v) is 8.73. The van der Waals surface area contributed by atoms with Crippen LogP contribution in [0.15, 0.2) is 47.8 Å². The summed E-state index contributed by atoms with van der Waals surface area (Å²) in [6.07, 6.45) is 13.0. The molecule has 0 unspecified atom stereocenters. The van der Waals surface area contributed by atoms with Gasteiger partial charge in [0.05, 0.1) is 4.88 Å². The van der Waals surface area contributed by atoms with Crippen LogP contribution in [0.5, 0.6) is 11.5 Å². The Labute approximate surface area is 209 Å². The third kappa shape index (κ3) is 4.28. The van der Waals surface area contributed by atoms with Crippen LogP contribution >= 0.6 is 11.3 Å². The number of fused-ring (bicyclic) bond motifs is 4. The Morgan fingerprint density at radius 3 is 2.24 bits per heavy atom. The molecule has 2 aliphatic rings. The van der Waals surface area contributed by atoms with Gasteiger partial charge in [-0.05, 0) is 46.7 Å². The molecule has 0 atom stereocenters. The Morgan fingerprint density at radius 2 is 1.47 bits per heavy atom. The lowest BCUT2D eigenvalue weighted by atomic mass is 9.70. The first-order valence-corrected chi connectivity index (χ1v) is 14.3. The molecule has 2 nitrogen and oxygen atoms in total. The zero-order valence-corrected chi connectivity index (χ0v) is 21.6. The Bertz CT molecular complexity index is 1100. The number of ether oxygens (including phenoxy) is 2. The van der Waals surface area contributed by atoms with Gasteiger partial charge in [-0.25, -0.2) is 0 Å². The minimum absolute atomic E-state index is 0.123. The van der Waals surface area contributed by atoms with Crippen molar-refractivity contribution in [3.63, 3.8) is 0 Å². The molecule has 0 amide bonds. The Balaban J connectivity index is 1.58. The summed E-state index contributed by atoms with van der Waals surface area (Å²) in [5.74, 6) is 1.84. The van der Waals surface area contributed by atoms with Crippen molar-refractivity contribution >= 4 is 11.3 Å². The van der Waals surface area contributed by atoms with E-state index in [0.717, 1.165) is 11.5 Å². The second kappa shape index (κ2) is 10.6. The number of benzene rings is 2. The summed E-state index contributed by atoms with van der Waals surface area (Å²) >= 11 is 1.75. The van der Waals surface area contributed by atoms with Crippen LogP contribution in [0, 0.1) is 0 Å². The molecule has 0 N–H and O–H groups in total. The fraction of sp³-hybridized carbons (Fsp3) is 0.484. The molecule has 1 aliphatic heterocycles. The van der Waals surface area contributed by atoms with Crippen molar-refractivity contribution in [3.8, 4) is 33.1 Å². The molecular formula is C31H38O2S. The molecule has 0 bridgehead atoms. The monoisotopic (exact) mass is 474 g/mol. The minimum atomic E-state index is 0.123. The van der Waals surface area contributed by atoms with E-state index < -0.39 is 0 Å². The first-order valence-electron chi connectivity index (χ1n) is 13.4. The highest BCUT2D eigenvalue weighted by atomic mass is 32.1. The van der Waals surface area contributed by atoms with Crippen LogP contribution in [-0.4, -0.2) is 13.2 Å². The molecule has 3 aromatic rings. The highest BCUT2D eigenvalue weighted by molar-refractivity contribution is 7.14. The molecule has 2 heterocycles. The molecule has 0 spiro atoms. The molecule has 2 aromatic carbocycles. The number of unbranched alkanes of at least 4 members (excludes halogenated alkanes) is 6. The van der Waals surface area contributed by atoms with Crippen molar-refractivity contribution in [2.75, 3.05) is 13.2 Å². The van der Waals surface area contributed by atoms with Gasteiger partial charge in [-0.3, -0.25) is 0 Å². The second-order valence-corrected chi connectivity index (χ2v) is 10.8. The van der Waals surface area contributed by atoms with E-state index in [-0.39, 0.29) is 5.41 Å². The van der Waals surface area contributed by atoms with Crippen molar-refractivity contribution in [1.82, 2.24) is 0 Å². The zero-order chi connectivity index (χ0) is 23.4. The average Bonchev–Trinajstić information content (AvgIpc) is 3.43.